The van der Waals surface area contributed by atoms with E-state index in [1.165, 1.54) is 0 Å². The summed E-state index contributed by atoms with van der Waals surface area (Å²) < 4.78 is 0. The van der Waals surface area contributed by atoms with Crippen molar-refractivity contribution in [1.82, 2.24) is 9.97 Å². The summed E-state index contributed by atoms with van der Waals surface area (Å²) in [6.07, 6.45) is 0. The molecule has 50 valence electrons. The third-order valence-corrected chi connectivity index (χ3v) is 1.26. The van der Waals surface area contributed by atoms with Gasteiger partial charge < -0.3 is 4.98 Å². The summed E-state index contributed by atoms with van der Waals surface area (Å²) in [4.78, 5) is 6.98. The van der Waals surface area contributed by atoms with Crippen LogP contribution in [0.4, 0.5) is 5.95 Å². The number of aromatic amines is 1. The molecule has 0 unspecified atom stereocenters. The minimum Gasteiger partial charge on any atom is -0.327 e. The van der Waals surface area contributed by atoms with E-state index in [4.69, 9.17) is 5.84 Å². The first-order valence-electron chi connectivity index (χ1n) is 2.74. The zero-order chi connectivity index (χ0) is 6.85. The van der Waals surface area contributed by atoms with Crippen molar-refractivity contribution in [2.45, 2.75) is 13.8 Å². The van der Waals surface area contributed by atoms with Crippen molar-refractivity contribution in [2.24, 2.45) is 5.84 Å². The standard InChI is InChI=1S/C5H10N4/c1-3-4(2)8-5(7-3)9-6/h6H2,1-2H3,(H2,7,8,9). The van der Waals surface area contributed by atoms with E-state index in [0.29, 0.717) is 5.95 Å². The second-order valence-corrected chi connectivity index (χ2v) is 1.94. The van der Waals surface area contributed by atoms with Crippen LogP contribution in [0.5, 0.6) is 0 Å². The van der Waals surface area contributed by atoms with Gasteiger partial charge in [-0.05, 0) is 13.8 Å². The largest absolute Gasteiger partial charge is 0.327 e. The van der Waals surface area contributed by atoms with Crippen molar-refractivity contribution < 1.29 is 0 Å². The summed E-state index contributed by atoms with van der Waals surface area (Å²) in [6.45, 7) is 3.87. The number of nitrogens with one attached hydrogen (secondary N) is 2. The van der Waals surface area contributed by atoms with Crippen LogP contribution in [0.15, 0.2) is 0 Å². The highest BCUT2D eigenvalue weighted by Gasteiger charge is 1.97. The van der Waals surface area contributed by atoms with Crippen LogP contribution in [0, 0.1) is 13.8 Å². The lowest BCUT2D eigenvalue weighted by molar-refractivity contribution is 1.18. The van der Waals surface area contributed by atoms with Gasteiger partial charge in [-0.25, -0.2) is 10.8 Å². The number of nitrogens with zero attached hydrogens (tertiary/aromatic N) is 1. The number of aromatic nitrogens is 2. The van der Waals surface area contributed by atoms with Crippen LogP contribution in [0.1, 0.15) is 11.4 Å². The molecule has 0 bridgehead atoms. The number of nitrogens with two attached hydrogens (primary N) is 1. The quantitative estimate of drug-likeness (QED) is 0.375. The predicted octanol–water partition coefficient (Wildman–Crippen LogP) is 0.312. The summed E-state index contributed by atoms with van der Waals surface area (Å²) in [7, 11) is 0. The fraction of sp³-hybridized carbons (Fsp3) is 0.400. The molecule has 0 spiro atoms. The minimum atomic E-state index is 0.616. The second-order valence-electron chi connectivity index (χ2n) is 1.94. The van der Waals surface area contributed by atoms with Crippen LogP contribution < -0.4 is 11.3 Å². The molecule has 9 heavy (non-hydrogen) atoms. The van der Waals surface area contributed by atoms with E-state index in [1.54, 1.807) is 0 Å². The molecular formula is C5H10N4. The monoisotopic (exact) mass is 126 g/mol. The van der Waals surface area contributed by atoms with Crippen molar-refractivity contribution in [3.63, 3.8) is 0 Å². The fourth-order valence-corrected chi connectivity index (χ4v) is 0.616. The number of rotatable bonds is 1. The lowest BCUT2D eigenvalue weighted by Gasteiger charge is -1.87. The number of hydrazine groups is 1. The lowest BCUT2D eigenvalue weighted by atomic mass is 10.4. The van der Waals surface area contributed by atoms with Gasteiger partial charge in [-0.3, -0.25) is 5.43 Å². The Morgan fingerprint density at radius 2 is 2.22 bits per heavy atom. The number of hydrogen-bond acceptors (Lipinski definition) is 3. The van der Waals surface area contributed by atoms with Gasteiger partial charge in [-0.2, -0.15) is 0 Å². The van der Waals surface area contributed by atoms with E-state index in [9.17, 15) is 0 Å². The van der Waals surface area contributed by atoms with Gasteiger partial charge in [-0.1, -0.05) is 0 Å². The van der Waals surface area contributed by atoms with Gasteiger partial charge in [-0.15, -0.1) is 0 Å². The van der Waals surface area contributed by atoms with E-state index >= 15 is 0 Å². The Balaban J connectivity index is 2.98. The van der Waals surface area contributed by atoms with Gasteiger partial charge in [0.15, 0.2) is 0 Å². The van der Waals surface area contributed by atoms with Crippen molar-refractivity contribution in [1.29, 1.82) is 0 Å². The number of hydrogen-bond donors (Lipinski definition) is 3. The fourth-order valence-electron chi connectivity index (χ4n) is 0.616. The molecule has 4 heteroatoms. The Bertz CT molecular complexity index is 183. The number of anilines is 1. The van der Waals surface area contributed by atoms with Crippen molar-refractivity contribution in [3.8, 4) is 0 Å². The molecule has 0 saturated heterocycles. The predicted molar refractivity (Wildman–Crippen MR) is 35.9 cm³/mol. The molecular weight excluding hydrogens is 116 g/mol. The highest BCUT2D eigenvalue weighted by Crippen LogP contribution is 2.04. The van der Waals surface area contributed by atoms with Gasteiger partial charge in [0.25, 0.3) is 0 Å². The highest BCUT2D eigenvalue weighted by atomic mass is 15.3. The maximum absolute atomic E-state index is 5.09. The van der Waals surface area contributed by atoms with Gasteiger partial charge in [0.1, 0.15) is 0 Å². The van der Waals surface area contributed by atoms with Crippen LogP contribution in [0.25, 0.3) is 0 Å². The zero-order valence-corrected chi connectivity index (χ0v) is 5.52. The number of imidazole rings is 1. The van der Waals surface area contributed by atoms with Gasteiger partial charge in [0.05, 0.1) is 5.69 Å². The Morgan fingerprint density at radius 1 is 1.56 bits per heavy atom. The third kappa shape index (κ3) is 1.02. The zero-order valence-electron chi connectivity index (χ0n) is 5.52. The summed E-state index contributed by atoms with van der Waals surface area (Å²) >= 11 is 0. The third-order valence-electron chi connectivity index (χ3n) is 1.26. The molecule has 0 fully saturated rings. The minimum absolute atomic E-state index is 0.616. The van der Waals surface area contributed by atoms with Gasteiger partial charge in [0.2, 0.25) is 5.95 Å². The van der Waals surface area contributed by atoms with Crippen molar-refractivity contribution in [2.75, 3.05) is 5.43 Å². The molecule has 4 N–H and O–H groups in total. The van der Waals surface area contributed by atoms with Crippen LogP contribution in [-0.2, 0) is 0 Å². The van der Waals surface area contributed by atoms with E-state index in [-0.39, 0.29) is 0 Å². The average molecular weight is 126 g/mol. The lowest BCUT2D eigenvalue weighted by Crippen LogP contribution is -2.07. The molecule has 0 aromatic carbocycles. The maximum atomic E-state index is 5.09. The Kier molecular flexibility index (Phi) is 1.40. The molecule has 0 amide bonds. The summed E-state index contributed by atoms with van der Waals surface area (Å²) in [5.74, 6) is 5.70. The van der Waals surface area contributed by atoms with Gasteiger partial charge >= 0.3 is 0 Å². The molecule has 1 aromatic heterocycles. The van der Waals surface area contributed by atoms with E-state index < -0.39 is 0 Å². The normalized spacial score (nSPS) is 9.67. The van der Waals surface area contributed by atoms with Crippen molar-refractivity contribution in [3.05, 3.63) is 11.4 Å². The first-order valence-corrected chi connectivity index (χ1v) is 2.74. The molecule has 0 aliphatic heterocycles. The first kappa shape index (κ1) is 6.10. The first-order chi connectivity index (χ1) is 4.24. The SMILES string of the molecule is Cc1nc(NN)[nH]c1C. The Morgan fingerprint density at radius 3 is 2.44 bits per heavy atom. The molecule has 0 atom stereocenters. The average Bonchev–Trinajstić information content (AvgIpc) is 2.13. The molecule has 1 aromatic rings. The second kappa shape index (κ2) is 2.06. The highest BCUT2D eigenvalue weighted by molar-refractivity contribution is 5.27. The summed E-state index contributed by atoms with van der Waals surface area (Å²) in [5, 5.41) is 0. The number of aryl methyl sites for hydroxylation is 2. The van der Waals surface area contributed by atoms with E-state index in [0.717, 1.165) is 11.4 Å². The van der Waals surface area contributed by atoms with Crippen LogP contribution in [-0.4, -0.2) is 9.97 Å². The topological polar surface area (TPSA) is 66.7 Å². The Hall–Kier alpha value is -1.03. The molecule has 4 nitrogen and oxygen atoms in total. The number of H-pyrrole nitrogens is 1. The smallest absolute Gasteiger partial charge is 0.215 e. The van der Waals surface area contributed by atoms with Crippen LogP contribution in [0.2, 0.25) is 0 Å². The summed E-state index contributed by atoms with van der Waals surface area (Å²) in [5.41, 5.74) is 4.44. The molecule has 1 heterocycles. The van der Waals surface area contributed by atoms with E-state index in [2.05, 4.69) is 15.4 Å². The molecule has 0 radical (unpaired) electrons. The van der Waals surface area contributed by atoms with Crippen LogP contribution in [0.3, 0.4) is 0 Å². The van der Waals surface area contributed by atoms with Gasteiger partial charge in [0, 0.05) is 5.69 Å². The van der Waals surface area contributed by atoms with Crippen molar-refractivity contribution >= 4 is 5.95 Å². The van der Waals surface area contributed by atoms with E-state index in [1.807, 2.05) is 13.8 Å². The Labute approximate surface area is 53.4 Å². The molecule has 0 aliphatic carbocycles. The van der Waals surface area contributed by atoms with Crippen LogP contribution >= 0.6 is 0 Å². The molecule has 1 rings (SSSR count). The molecule has 0 saturated carbocycles. The number of nitrogen functional groups attached to an aromatic ring is 1. The molecule has 0 aliphatic rings. The summed E-state index contributed by atoms with van der Waals surface area (Å²) in [6, 6.07) is 0. The maximum Gasteiger partial charge on any atom is 0.215 e.